The van der Waals surface area contributed by atoms with Crippen molar-refractivity contribution >= 4 is 35.8 Å². The molecule has 0 amide bonds. The lowest BCUT2D eigenvalue weighted by molar-refractivity contribution is -0.156. The molecule has 0 N–H and O–H groups in total. The molecule has 0 saturated heterocycles. The van der Waals surface area contributed by atoms with Gasteiger partial charge in [-0.15, -0.1) is 0 Å². The molecule has 0 unspecified atom stereocenters. The highest BCUT2D eigenvalue weighted by Crippen LogP contribution is 2.22. The first-order valence-electron chi connectivity index (χ1n) is 21.6. The summed E-state index contributed by atoms with van der Waals surface area (Å²) < 4.78 is 46.9. The summed E-state index contributed by atoms with van der Waals surface area (Å²) in [7, 11) is 3.95. The number of hydrogen-bond donors (Lipinski definition) is 0. The highest BCUT2D eigenvalue weighted by atomic mass is 16.6. The number of ether oxygens (including phenoxy) is 9. The van der Waals surface area contributed by atoms with Crippen molar-refractivity contribution in [3.05, 3.63) is 0 Å². The van der Waals surface area contributed by atoms with Crippen LogP contribution in [0.4, 0.5) is 0 Å². The number of esters is 6. The van der Waals surface area contributed by atoms with E-state index in [2.05, 4.69) is 19.1 Å². The minimum absolute atomic E-state index is 0.0188. The number of carbonyl (C=O) groups excluding carboxylic acids is 6. The minimum Gasteiger partial charge on any atom is -0.469 e. The second-order valence-corrected chi connectivity index (χ2v) is 15.1. The van der Waals surface area contributed by atoms with Gasteiger partial charge in [-0.05, 0) is 77.0 Å². The standard InChI is InChI=1S/C30H51NO9.C12H21NO6/c32-28(38-25-10-4-1-5-11-25)22-35-19-16-31(17-20-36-23-29(33)39-26-12-6-2-7-13-26)18-21-37-24-30(34)40-27-14-8-3-9-15-27;1-17-10(14)4-7-13(8-5-11(15)18-2)9-6-12(16)19-3/h25-27H,1-24H2;4-9H2,1-3H3. The topological polar surface area (TPSA) is 192 Å². The summed E-state index contributed by atoms with van der Waals surface area (Å²) in [5, 5.41) is 0. The lowest BCUT2D eigenvalue weighted by Crippen LogP contribution is -2.35. The molecule has 0 heterocycles. The molecule has 3 fully saturated rings. The van der Waals surface area contributed by atoms with Crippen LogP contribution in [0, 0.1) is 0 Å². The predicted octanol–water partition coefficient (Wildman–Crippen LogP) is 3.94. The number of methoxy groups -OCH3 is 3. The van der Waals surface area contributed by atoms with Gasteiger partial charge < -0.3 is 47.5 Å². The van der Waals surface area contributed by atoms with Crippen LogP contribution in [0.1, 0.15) is 116 Å². The van der Waals surface area contributed by atoms with Crippen molar-refractivity contribution in [1.29, 1.82) is 0 Å². The van der Waals surface area contributed by atoms with Crippen molar-refractivity contribution in [3.63, 3.8) is 0 Å². The molecule has 0 aromatic heterocycles. The monoisotopic (exact) mass is 844 g/mol. The lowest BCUT2D eigenvalue weighted by Gasteiger charge is -2.24. The van der Waals surface area contributed by atoms with Crippen LogP contribution in [0.25, 0.3) is 0 Å². The molecule has 0 aliphatic heterocycles. The van der Waals surface area contributed by atoms with Gasteiger partial charge in [-0.25, -0.2) is 14.4 Å². The summed E-state index contributed by atoms with van der Waals surface area (Å²) in [6.07, 6.45) is 16.5. The molecule has 3 saturated carbocycles. The molecule has 0 spiro atoms. The van der Waals surface area contributed by atoms with Gasteiger partial charge in [0, 0.05) is 39.3 Å². The van der Waals surface area contributed by atoms with Gasteiger partial charge >= 0.3 is 35.8 Å². The molecule has 0 bridgehead atoms. The molecule has 0 atom stereocenters. The first kappa shape index (κ1) is 51.8. The van der Waals surface area contributed by atoms with Crippen LogP contribution in [-0.4, -0.2) is 164 Å². The molecular formula is C42H72N2O15. The second-order valence-electron chi connectivity index (χ2n) is 15.1. The molecule has 3 aliphatic carbocycles. The molecule has 17 nitrogen and oxygen atoms in total. The Hall–Kier alpha value is -3.38. The summed E-state index contributed by atoms with van der Waals surface area (Å²) in [5.41, 5.74) is 0. The molecule has 3 rings (SSSR count). The van der Waals surface area contributed by atoms with Crippen LogP contribution in [0.15, 0.2) is 0 Å². The molecule has 0 aromatic rings. The Morgan fingerprint density at radius 3 is 0.881 bits per heavy atom. The van der Waals surface area contributed by atoms with E-state index in [4.69, 9.17) is 28.4 Å². The molecule has 17 heteroatoms. The zero-order valence-corrected chi connectivity index (χ0v) is 36.0. The van der Waals surface area contributed by atoms with Crippen molar-refractivity contribution in [3.8, 4) is 0 Å². The Bertz CT molecular complexity index is 1040. The van der Waals surface area contributed by atoms with Crippen LogP contribution >= 0.6 is 0 Å². The van der Waals surface area contributed by atoms with Gasteiger partial charge in [0.1, 0.15) is 38.1 Å². The second kappa shape index (κ2) is 33.4. The smallest absolute Gasteiger partial charge is 0.332 e. The van der Waals surface area contributed by atoms with Crippen molar-refractivity contribution in [2.75, 3.05) is 100 Å². The van der Waals surface area contributed by atoms with E-state index in [9.17, 15) is 28.8 Å². The van der Waals surface area contributed by atoms with Crippen LogP contribution in [0.2, 0.25) is 0 Å². The van der Waals surface area contributed by atoms with Gasteiger partial charge in [0.15, 0.2) is 0 Å². The maximum Gasteiger partial charge on any atom is 0.332 e. The molecule has 59 heavy (non-hydrogen) atoms. The molecule has 3 aliphatic rings. The summed E-state index contributed by atoms with van der Waals surface area (Å²) >= 11 is 0. The van der Waals surface area contributed by atoms with Gasteiger partial charge in [-0.1, -0.05) is 19.3 Å². The van der Waals surface area contributed by atoms with E-state index in [-0.39, 0.29) is 93.2 Å². The van der Waals surface area contributed by atoms with Gasteiger partial charge in [-0.3, -0.25) is 19.3 Å². The average Bonchev–Trinajstić information content (AvgIpc) is 3.25. The van der Waals surface area contributed by atoms with E-state index in [1.807, 2.05) is 4.90 Å². The third kappa shape index (κ3) is 27.2. The van der Waals surface area contributed by atoms with Gasteiger partial charge in [0.05, 0.1) is 60.4 Å². The lowest BCUT2D eigenvalue weighted by atomic mass is 9.98. The summed E-state index contributed by atoms with van der Waals surface area (Å²) in [5.74, 6) is -1.96. The predicted molar refractivity (Wildman–Crippen MR) is 214 cm³/mol. The van der Waals surface area contributed by atoms with Crippen LogP contribution in [0.3, 0.4) is 0 Å². The Morgan fingerprint density at radius 2 is 0.627 bits per heavy atom. The van der Waals surface area contributed by atoms with Crippen molar-refractivity contribution in [2.24, 2.45) is 0 Å². The zero-order chi connectivity index (χ0) is 42.9. The number of nitrogens with zero attached hydrogens (tertiary/aromatic N) is 2. The normalized spacial score (nSPS) is 16.4. The Kier molecular flexibility index (Phi) is 29.3. The van der Waals surface area contributed by atoms with E-state index in [0.717, 1.165) is 77.0 Å². The quantitative estimate of drug-likeness (QED) is 0.0655. The maximum absolute atomic E-state index is 12.1. The largest absolute Gasteiger partial charge is 0.469 e. The Labute approximate surface area is 350 Å². The van der Waals surface area contributed by atoms with E-state index >= 15 is 0 Å². The first-order chi connectivity index (χ1) is 28.6. The van der Waals surface area contributed by atoms with E-state index in [0.29, 0.717) is 59.1 Å². The molecule has 340 valence electrons. The van der Waals surface area contributed by atoms with Gasteiger partial charge in [-0.2, -0.15) is 0 Å². The fourth-order valence-electron chi connectivity index (χ4n) is 6.98. The summed E-state index contributed by atoms with van der Waals surface area (Å²) in [4.78, 5) is 73.4. The molecular weight excluding hydrogens is 772 g/mol. The number of hydrogen-bond acceptors (Lipinski definition) is 17. The minimum atomic E-state index is -0.332. The average molecular weight is 845 g/mol. The molecule has 0 radical (unpaired) electrons. The van der Waals surface area contributed by atoms with Gasteiger partial charge in [0.25, 0.3) is 0 Å². The third-order valence-electron chi connectivity index (χ3n) is 10.4. The summed E-state index contributed by atoms with van der Waals surface area (Å²) in [6, 6.07) is 0. The summed E-state index contributed by atoms with van der Waals surface area (Å²) in [6.45, 7) is 3.69. The number of carbonyl (C=O) groups is 6. The number of rotatable bonds is 27. The van der Waals surface area contributed by atoms with E-state index in [1.54, 1.807) is 0 Å². The fourth-order valence-corrected chi connectivity index (χ4v) is 6.98. The zero-order valence-electron chi connectivity index (χ0n) is 36.0. The van der Waals surface area contributed by atoms with Crippen LogP contribution < -0.4 is 0 Å². The van der Waals surface area contributed by atoms with E-state index < -0.39 is 0 Å². The Morgan fingerprint density at radius 1 is 0.373 bits per heavy atom. The first-order valence-corrected chi connectivity index (χ1v) is 21.6. The van der Waals surface area contributed by atoms with Crippen LogP contribution in [0.5, 0.6) is 0 Å². The third-order valence-corrected chi connectivity index (χ3v) is 10.4. The van der Waals surface area contributed by atoms with Crippen molar-refractivity contribution in [1.82, 2.24) is 9.80 Å². The highest BCUT2D eigenvalue weighted by Gasteiger charge is 2.21. The van der Waals surface area contributed by atoms with Crippen molar-refractivity contribution < 1.29 is 71.4 Å². The van der Waals surface area contributed by atoms with Gasteiger partial charge in [0.2, 0.25) is 0 Å². The highest BCUT2D eigenvalue weighted by molar-refractivity contribution is 5.72. The molecule has 0 aromatic carbocycles. The van der Waals surface area contributed by atoms with Crippen molar-refractivity contribution in [2.45, 2.75) is 134 Å². The SMILES string of the molecule is COC(=O)CCN(CCC(=O)OC)CCC(=O)OC.O=C(COCCN(CCOCC(=O)OC1CCCCC1)CCOCC(=O)OC1CCCCC1)OC1CCCCC1. The maximum atomic E-state index is 12.1. The fraction of sp³-hybridized carbons (Fsp3) is 0.857. The van der Waals surface area contributed by atoms with Crippen LogP contribution in [-0.2, 0) is 71.4 Å². The van der Waals surface area contributed by atoms with E-state index in [1.165, 1.54) is 40.6 Å². The Balaban J connectivity index is 0.000000532.